The van der Waals surface area contributed by atoms with Gasteiger partial charge in [-0.05, 0) is 43.2 Å². The van der Waals surface area contributed by atoms with Crippen molar-refractivity contribution in [3.63, 3.8) is 0 Å². The average Bonchev–Trinajstić information content (AvgIpc) is 2.59. The molecule has 0 saturated heterocycles. The first-order valence-electron chi connectivity index (χ1n) is 7.98. The number of amides is 4. The lowest BCUT2D eigenvalue weighted by molar-refractivity contribution is 0.249. The van der Waals surface area contributed by atoms with Crippen LogP contribution in [0.5, 0.6) is 0 Å². The summed E-state index contributed by atoms with van der Waals surface area (Å²) in [5.74, 6) is 0. The van der Waals surface area contributed by atoms with E-state index < -0.39 is 0 Å². The lowest BCUT2D eigenvalue weighted by Crippen LogP contribution is -2.30. The summed E-state index contributed by atoms with van der Waals surface area (Å²) in [6.07, 6.45) is 0.494. The number of urea groups is 2. The largest absolute Gasteiger partial charge is 0.396 e. The molecule has 0 saturated carbocycles. The maximum Gasteiger partial charge on any atom is 0.323 e. The van der Waals surface area contributed by atoms with Gasteiger partial charge in [0.2, 0.25) is 0 Å². The van der Waals surface area contributed by atoms with Crippen LogP contribution in [0.15, 0.2) is 48.5 Å². The molecule has 2 aromatic carbocycles. The zero-order valence-electron chi connectivity index (χ0n) is 14.0. The second-order valence-corrected chi connectivity index (χ2v) is 5.43. The van der Waals surface area contributed by atoms with Crippen LogP contribution in [-0.2, 0) is 0 Å². The van der Waals surface area contributed by atoms with Gasteiger partial charge >= 0.3 is 12.1 Å². The van der Waals surface area contributed by atoms with Gasteiger partial charge in [-0.15, -0.1) is 0 Å². The predicted octanol–water partition coefficient (Wildman–Crippen LogP) is 3.14. The minimum atomic E-state index is -0.367. The molecular weight excluding hydrogens is 320 g/mol. The van der Waals surface area contributed by atoms with Crippen molar-refractivity contribution >= 4 is 29.1 Å². The fraction of sp³-hybridized carbons (Fsp3) is 0.222. The Labute approximate surface area is 146 Å². The van der Waals surface area contributed by atoms with E-state index in [0.717, 1.165) is 5.56 Å². The summed E-state index contributed by atoms with van der Waals surface area (Å²) in [4.78, 5) is 23.8. The third kappa shape index (κ3) is 6.15. The Morgan fingerprint density at radius 1 is 0.920 bits per heavy atom. The van der Waals surface area contributed by atoms with Crippen molar-refractivity contribution in [3.05, 3.63) is 54.1 Å². The van der Waals surface area contributed by atoms with Crippen LogP contribution in [0.2, 0.25) is 0 Å². The summed E-state index contributed by atoms with van der Waals surface area (Å²) >= 11 is 0. The van der Waals surface area contributed by atoms with Crippen molar-refractivity contribution < 1.29 is 14.7 Å². The smallest absolute Gasteiger partial charge is 0.323 e. The predicted molar refractivity (Wildman–Crippen MR) is 99.0 cm³/mol. The quantitative estimate of drug-likeness (QED) is 0.521. The third-order valence-corrected chi connectivity index (χ3v) is 3.40. The second-order valence-electron chi connectivity index (χ2n) is 5.43. The molecule has 0 aromatic heterocycles. The molecule has 2 rings (SSSR count). The highest BCUT2D eigenvalue weighted by atomic mass is 16.3. The van der Waals surface area contributed by atoms with Crippen LogP contribution < -0.4 is 21.3 Å². The molecule has 0 spiro atoms. The van der Waals surface area contributed by atoms with Gasteiger partial charge in [0.05, 0.1) is 0 Å². The van der Waals surface area contributed by atoms with Crippen molar-refractivity contribution in [2.75, 3.05) is 29.1 Å². The Bertz CT molecular complexity index is 720. The van der Waals surface area contributed by atoms with E-state index in [-0.39, 0.29) is 18.7 Å². The Morgan fingerprint density at radius 2 is 1.64 bits per heavy atom. The van der Waals surface area contributed by atoms with Crippen molar-refractivity contribution in [1.82, 2.24) is 5.32 Å². The topological polar surface area (TPSA) is 102 Å². The molecular formula is C18H22N4O3. The molecule has 0 atom stereocenters. The maximum absolute atomic E-state index is 12.0. The minimum absolute atomic E-state index is 0.0231. The molecule has 0 aliphatic carbocycles. The summed E-state index contributed by atoms with van der Waals surface area (Å²) in [5, 5.41) is 19.5. The fourth-order valence-electron chi connectivity index (χ4n) is 2.10. The van der Waals surface area contributed by atoms with Crippen LogP contribution in [0.25, 0.3) is 0 Å². The number of anilines is 3. The van der Waals surface area contributed by atoms with Crippen LogP contribution in [-0.4, -0.2) is 30.3 Å². The number of aliphatic hydroxyl groups excluding tert-OH is 1. The van der Waals surface area contributed by atoms with E-state index in [9.17, 15) is 9.59 Å². The molecule has 2 aromatic rings. The highest BCUT2D eigenvalue weighted by Gasteiger charge is 2.07. The van der Waals surface area contributed by atoms with E-state index in [4.69, 9.17) is 5.11 Å². The minimum Gasteiger partial charge on any atom is -0.396 e. The number of aryl methyl sites for hydroxylation is 1. The van der Waals surface area contributed by atoms with Crippen LogP contribution in [0.3, 0.4) is 0 Å². The molecule has 7 heteroatoms. The van der Waals surface area contributed by atoms with E-state index in [0.29, 0.717) is 30.0 Å². The SMILES string of the molecule is Cc1ccc(NC(=O)Nc2ccccc2)cc1NC(=O)NCCCO. The Morgan fingerprint density at radius 3 is 2.36 bits per heavy atom. The van der Waals surface area contributed by atoms with E-state index in [1.165, 1.54) is 0 Å². The number of para-hydroxylation sites is 1. The van der Waals surface area contributed by atoms with Crippen LogP contribution >= 0.6 is 0 Å². The van der Waals surface area contributed by atoms with Crippen LogP contribution in [0, 0.1) is 6.92 Å². The normalized spacial score (nSPS) is 10.0. The summed E-state index contributed by atoms with van der Waals surface area (Å²) < 4.78 is 0. The van der Waals surface area contributed by atoms with E-state index >= 15 is 0 Å². The average molecular weight is 342 g/mol. The Hall–Kier alpha value is -3.06. The van der Waals surface area contributed by atoms with Gasteiger partial charge in [-0.3, -0.25) is 0 Å². The first-order chi connectivity index (χ1) is 12.1. The van der Waals surface area contributed by atoms with Gasteiger partial charge in [0, 0.05) is 30.2 Å². The van der Waals surface area contributed by atoms with Crippen molar-refractivity contribution in [1.29, 1.82) is 0 Å². The highest BCUT2D eigenvalue weighted by molar-refractivity contribution is 6.00. The fourth-order valence-corrected chi connectivity index (χ4v) is 2.10. The molecule has 0 radical (unpaired) electrons. The molecule has 0 aliphatic heterocycles. The van der Waals surface area contributed by atoms with Crippen LogP contribution in [0.4, 0.5) is 26.7 Å². The van der Waals surface area contributed by atoms with E-state index in [2.05, 4.69) is 21.3 Å². The summed E-state index contributed by atoms with van der Waals surface area (Å²) in [7, 11) is 0. The number of hydrogen-bond acceptors (Lipinski definition) is 3. The molecule has 4 amide bonds. The van der Waals surface area contributed by atoms with E-state index in [1.54, 1.807) is 24.3 Å². The van der Waals surface area contributed by atoms with Crippen LogP contribution in [0.1, 0.15) is 12.0 Å². The van der Waals surface area contributed by atoms with Crippen molar-refractivity contribution in [2.45, 2.75) is 13.3 Å². The molecule has 0 aliphatic rings. The number of rotatable bonds is 6. The molecule has 0 unspecified atom stereocenters. The first kappa shape index (κ1) is 18.3. The number of carbonyl (C=O) groups is 2. The molecule has 25 heavy (non-hydrogen) atoms. The molecule has 0 bridgehead atoms. The van der Waals surface area contributed by atoms with Gasteiger partial charge in [0.1, 0.15) is 0 Å². The Balaban J connectivity index is 1.95. The molecule has 0 fully saturated rings. The molecule has 7 nitrogen and oxygen atoms in total. The third-order valence-electron chi connectivity index (χ3n) is 3.40. The number of benzene rings is 2. The molecule has 5 N–H and O–H groups in total. The summed E-state index contributed by atoms with van der Waals surface area (Å²) in [6.45, 7) is 2.27. The van der Waals surface area contributed by atoms with Gasteiger partial charge in [-0.25, -0.2) is 9.59 Å². The maximum atomic E-state index is 12.0. The number of nitrogens with one attached hydrogen (secondary N) is 4. The van der Waals surface area contributed by atoms with E-state index in [1.807, 2.05) is 31.2 Å². The molecule has 0 heterocycles. The first-order valence-corrected chi connectivity index (χ1v) is 7.98. The monoisotopic (exact) mass is 342 g/mol. The van der Waals surface area contributed by atoms with Gasteiger partial charge in [0.25, 0.3) is 0 Å². The second kappa shape index (κ2) is 9.29. The lowest BCUT2D eigenvalue weighted by atomic mass is 10.2. The lowest BCUT2D eigenvalue weighted by Gasteiger charge is -2.13. The Kier molecular flexibility index (Phi) is 6.79. The van der Waals surface area contributed by atoms with Gasteiger partial charge in [-0.1, -0.05) is 24.3 Å². The standard InChI is InChI=1S/C18H22N4O3/c1-13-8-9-15(12-16(13)22-17(24)19-10-5-11-23)21-18(25)20-14-6-3-2-4-7-14/h2-4,6-9,12,23H,5,10-11H2,1H3,(H2,19,22,24)(H2,20,21,25). The van der Waals surface area contributed by atoms with Gasteiger partial charge in [0.15, 0.2) is 0 Å². The van der Waals surface area contributed by atoms with Crippen molar-refractivity contribution in [2.24, 2.45) is 0 Å². The zero-order chi connectivity index (χ0) is 18.1. The summed E-state index contributed by atoms with van der Waals surface area (Å²) in [6, 6.07) is 13.6. The highest BCUT2D eigenvalue weighted by Crippen LogP contribution is 2.20. The number of carbonyl (C=O) groups excluding carboxylic acids is 2. The molecule has 132 valence electrons. The number of hydrogen-bond donors (Lipinski definition) is 5. The van der Waals surface area contributed by atoms with Gasteiger partial charge < -0.3 is 26.4 Å². The van der Waals surface area contributed by atoms with Crippen molar-refractivity contribution in [3.8, 4) is 0 Å². The number of aliphatic hydroxyl groups is 1. The summed E-state index contributed by atoms with van der Waals surface area (Å²) in [5.41, 5.74) is 2.71. The zero-order valence-corrected chi connectivity index (χ0v) is 14.0. The van der Waals surface area contributed by atoms with Gasteiger partial charge in [-0.2, -0.15) is 0 Å².